The molecular formula is C6IrKN6-5. The molecule has 0 aliphatic carbocycles. The molecule has 0 saturated heterocycles. The second kappa shape index (κ2) is 2570. The fourth-order valence-electron chi connectivity index (χ4n) is 0. The summed E-state index contributed by atoms with van der Waals surface area (Å²) in [5.74, 6) is 0. The third-order valence-corrected chi connectivity index (χ3v) is 0. The van der Waals surface area contributed by atoms with Gasteiger partial charge in [0.05, 0.1) is 0 Å². The Hall–Kier alpha value is -0.774. The van der Waals surface area contributed by atoms with Gasteiger partial charge in [-0.25, -0.2) is 0 Å². The largest absolute Gasteiger partial charge is 1.00 e. The number of hydrogen-bond acceptors (Lipinski definition) is 6. The van der Waals surface area contributed by atoms with Gasteiger partial charge in [0.25, 0.3) is 0 Å². The van der Waals surface area contributed by atoms with Crippen molar-refractivity contribution in [1.29, 1.82) is 31.6 Å². The Bertz CT molecular complexity index is 97.3. The Balaban J connectivity index is -0.00000000500. The summed E-state index contributed by atoms with van der Waals surface area (Å²) in [5.41, 5.74) is 0. The van der Waals surface area contributed by atoms with E-state index < -0.39 is 0 Å². The molecule has 8 heteroatoms. The molecule has 0 saturated carbocycles. The second-order valence-corrected chi connectivity index (χ2v) is 0. The first-order valence-corrected chi connectivity index (χ1v) is 1.34. The Morgan fingerprint density at radius 2 is 0.357 bits per heavy atom. The van der Waals surface area contributed by atoms with Crippen LogP contribution in [0.3, 0.4) is 0 Å². The Morgan fingerprint density at radius 1 is 0.357 bits per heavy atom. The predicted molar refractivity (Wildman–Crippen MR) is 29.8 cm³/mol. The molecule has 0 heterocycles. The van der Waals surface area contributed by atoms with E-state index >= 15 is 0 Å². The van der Waals surface area contributed by atoms with Crippen molar-refractivity contribution in [3.05, 3.63) is 39.4 Å². The molecule has 0 spiro atoms. The molecule has 69 valence electrons. The van der Waals surface area contributed by atoms with Gasteiger partial charge in [-0.2, -0.15) is 0 Å². The summed E-state index contributed by atoms with van der Waals surface area (Å²) in [6.45, 7) is 28.5. The molecule has 0 aromatic heterocycles. The van der Waals surface area contributed by atoms with Crippen LogP contribution in [0, 0.1) is 71.0 Å². The van der Waals surface area contributed by atoms with Crippen molar-refractivity contribution < 1.29 is 71.5 Å². The minimum absolute atomic E-state index is 0. The molecule has 0 aliphatic rings. The number of nitrogens with zero attached hydrogens (tertiary/aromatic N) is 6. The quantitative estimate of drug-likeness (QED) is 0.334. The minimum atomic E-state index is 0. The average Bonchev–Trinajstić information content (AvgIpc) is 2.33. The molecule has 1 radical (unpaired) electrons. The van der Waals surface area contributed by atoms with Gasteiger partial charge in [0.1, 0.15) is 0 Å². The predicted octanol–water partition coefficient (Wildman–Crippen LogP) is -2.42. The molecule has 0 aromatic rings. The molecule has 0 bridgehead atoms. The van der Waals surface area contributed by atoms with Gasteiger partial charge in [-0.05, 0) is 0 Å². The van der Waals surface area contributed by atoms with E-state index in [0.29, 0.717) is 0 Å². The van der Waals surface area contributed by atoms with E-state index in [4.69, 9.17) is 71.0 Å². The van der Waals surface area contributed by atoms with Crippen LogP contribution in [0.1, 0.15) is 0 Å². The van der Waals surface area contributed by atoms with Gasteiger partial charge in [0, 0.05) is 20.1 Å². The van der Waals surface area contributed by atoms with E-state index in [0.717, 1.165) is 0 Å². The first kappa shape index (κ1) is 72.4. The molecule has 0 unspecified atom stereocenters. The molecule has 0 fully saturated rings. The van der Waals surface area contributed by atoms with E-state index in [1.165, 1.54) is 0 Å². The fourth-order valence-corrected chi connectivity index (χ4v) is 0. The van der Waals surface area contributed by atoms with E-state index in [-0.39, 0.29) is 71.5 Å². The Morgan fingerprint density at radius 3 is 0.357 bits per heavy atom. The van der Waals surface area contributed by atoms with Gasteiger partial charge in [-0.15, -0.1) is 0 Å². The Kier molecular flexibility index (Phi) is 13300. The summed E-state index contributed by atoms with van der Waals surface area (Å²) in [7, 11) is 0. The molecule has 0 rings (SSSR count). The van der Waals surface area contributed by atoms with E-state index in [1.807, 2.05) is 0 Å². The zero-order valence-electron chi connectivity index (χ0n) is 7.02. The maximum Gasteiger partial charge on any atom is 1.00 e. The average molecular weight is 387 g/mol. The van der Waals surface area contributed by atoms with Crippen molar-refractivity contribution in [3.63, 3.8) is 0 Å². The van der Waals surface area contributed by atoms with Crippen LogP contribution in [0.25, 0.3) is 0 Å². The van der Waals surface area contributed by atoms with Crippen molar-refractivity contribution >= 4 is 0 Å². The van der Waals surface area contributed by atoms with Crippen LogP contribution >= 0.6 is 0 Å². The summed E-state index contributed by atoms with van der Waals surface area (Å²) in [4.78, 5) is 0. The minimum Gasteiger partial charge on any atom is -0.512 e. The smallest absolute Gasteiger partial charge is 0.512 e. The summed E-state index contributed by atoms with van der Waals surface area (Å²) >= 11 is 0. The second-order valence-electron chi connectivity index (χ2n) is 0. The first-order valence-electron chi connectivity index (χ1n) is 1.34. The monoisotopic (exact) mass is 388 g/mol. The molecule has 0 atom stereocenters. The van der Waals surface area contributed by atoms with Crippen molar-refractivity contribution in [2.24, 2.45) is 0 Å². The molecule has 6 nitrogen and oxygen atoms in total. The van der Waals surface area contributed by atoms with Crippen LogP contribution in [-0.4, -0.2) is 0 Å². The summed E-state index contributed by atoms with van der Waals surface area (Å²) < 4.78 is 0. The number of hydrogen-bond donors (Lipinski definition) is 0. The fraction of sp³-hybridized carbons (Fsp3) is 0. The van der Waals surface area contributed by atoms with Gasteiger partial charge in [-0.3, -0.25) is 0 Å². The van der Waals surface area contributed by atoms with Crippen LogP contribution in [0.5, 0.6) is 0 Å². The van der Waals surface area contributed by atoms with Crippen molar-refractivity contribution in [1.82, 2.24) is 0 Å². The Labute approximate surface area is 140 Å². The van der Waals surface area contributed by atoms with E-state index in [1.54, 1.807) is 0 Å². The molecular weight excluding hydrogens is 387 g/mol. The van der Waals surface area contributed by atoms with Crippen molar-refractivity contribution in [2.75, 3.05) is 0 Å². The third-order valence-electron chi connectivity index (χ3n) is 0. The van der Waals surface area contributed by atoms with Crippen LogP contribution < -0.4 is 51.4 Å². The maximum absolute atomic E-state index is 6.25. The third kappa shape index (κ3) is 1960. The summed E-state index contributed by atoms with van der Waals surface area (Å²) in [6.07, 6.45) is 0. The molecule has 14 heavy (non-hydrogen) atoms. The molecule has 0 aromatic carbocycles. The van der Waals surface area contributed by atoms with Gasteiger partial charge < -0.3 is 71.0 Å². The van der Waals surface area contributed by atoms with E-state index in [9.17, 15) is 0 Å². The zero-order chi connectivity index (χ0) is 12.0. The van der Waals surface area contributed by atoms with Gasteiger partial charge in [0.2, 0.25) is 0 Å². The topological polar surface area (TPSA) is 143 Å². The van der Waals surface area contributed by atoms with Crippen LogP contribution in [0.15, 0.2) is 0 Å². The zero-order valence-corrected chi connectivity index (χ0v) is 12.5. The normalized spacial score (nSPS) is 0.857. The molecule has 0 amide bonds. The van der Waals surface area contributed by atoms with Gasteiger partial charge >= 0.3 is 51.4 Å². The van der Waals surface area contributed by atoms with Gasteiger partial charge in [0.15, 0.2) is 0 Å². The first-order chi connectivity index (χ1) is 6.00. The maximum atomic E-state index is 6.25. The van der Waals surface area contributed by atoms with Crippen LogP contribution in [-0.2, 0) is 20.1 Å². The SMILES string of the molecule is [C-]#N.[C-]#N.[C-]#N.[C-]#N.[C-]#N.[C-]#N.[Ir].[K+]. The van der Waals surface area contributed by atoms with Gasteiger partial charge in [-0.1, -0.05) is 0 Å². The van der Waals surface area contributed by atoms with Crippen molar-refractivity contribution in [2.45, 2.75) is 0 Å². The van der Waals surface area contributed by atoms with Crippen molar-refractivity contribution in [3.8, 4) is 0 Å². The summed E-state index contributed by atoms with van der Waals surface area (Å²) in [5, 5.41) is 37.5. The summed E-state index contributed by atoms with van der Waals surface area (Å²) in [6, 6.07) is 0. The molecule has 0 aliphatic heterocycles. The molecule has 0 N–H and O–H groups in total. The van der Waals surface area contributed by atoms with Crippen LogP contribution in [0.2, 0.25) is 0 Å². The van der Waals surface area contributed by atoms with Crippen LogP contribution in [0.4, 0.5) is 0 Å². The van der Waals surface area contributed by atoms with E-state index in [2.05, 4.69) is 0 Å². The standard InChI is InChI=1S/6CN.Ir.K/c6*1-2;;/q6*-1;;+1. The number of rotatable bonds is 0.